The Bertz CT molecular complexity index is 651. The molecule has 0 amide bonds. The third-order valence-corrected chi connectivity index (χ3v) is 3.30. The van der Waals surface area contributed by atoms with Crippen molar-refractivity contribution in [3.05, 3.63) is 48.4 Å². The van der Waals surface area contributed by atoms with Crippen LogP contribution in [0.2, 0.25) is 0 Å². The van der Waals surface area contributed by atoms with Gasteiger partial charge in [0.05, 0.1) is 5.69 Å². The van der Waals surface area contributed by atoms with Crippen LogP contribution in [0.15, 0.2) is 46.4 Å². The maximum atomic E-state index is 12.8. The Morgan fingerprint density at radius 2 is 2.11 bits per heavy atom. The topological polar surface area (TPSA) is 67.6 Å². The van der Waals surface area contributed by atoms with Crippen molar-refractivity contribution in [2.75, 3.05) is 0 Å². The molecule has 0 saturated carbocycles. The van der Waals surface area contributed by atoms with E-state index in [2.05, 4.69) is 20.2 Å². The third-order valence-electron chi connectivity index (χ3n) is 2.39. The zero-order valence-corrected chi connectivity index (χ0v) is 10.5. The first kappa shape index (κ1) is 11.9. The summed E-state index contributed by atoms with van der Waals surface area (Å²) >= 11 is 1.48. The van der Waals surface area contributed by atoms with E-state index in [-0.39, 0.29) is 5.82 Å². The number of halogens is 1. The van der Waals surface area contributed by atoms with Crippen LogP contribution in [-0.4, -0.2) is 20.2 Å². The lowest BCUT2D eigenvalue weighted by Crippen LogP contribution is -1.83. The van der Waals surface area contributed by atoms with Gasteiger partial charge >= 0.3 is 0 Å². The maximum Gasteiger partial charge on any atom is 0.226 e. The minimum absolute atomic E-state index is 0.281. The zero-order chi connectivity index (χ0) is 13.1. The highest BCUT2D eigenvalue weighted by atomic mass is 32.2. The molecule has 0 aliphatic heterocycles. The summed E-state index contributed by atoms with van der Waals surface area (Å²) in [5, 5.41) is 7.24. The molecule has 0 unspecified atom stereocenters. The molecule has 0 radical (unpaired) electrons. The van der Waals surface area contributed by atoms with Gasteiger partial charge in [0.25, 0.3) is 0 Å². The molecule has 0 spiro atoms. The minimum Gasteiger partial charge on any atom is -0.444 e. The van der Waals surface area contributed by atoms with E-state index in [9.17, 15) is 4.39 Å². The van der Waals surface area contributed by atoms with Crippen molar-refractivity contribution in [1.29, 1.82) is 0 Å². The Morgan fingerprint density at radius 3 is 2.84 bits per heavy atom. The first-order valence-electron chi connectivity index (χ1n) is 5.50. The van der Waals surface area contributed by atoms with Gasteiger partial charge in [-0.15, -0.1) is 0 Å². The first-order valence-corrected chi connectivity index (χ1v) is 6.48. The average Bonchev–Trinajstić information content (AvgIpc) is 3.09. The molecule has 5 nitrogen and oxygen atoms in total. The lowest BCUT2D eigenvalue weighted by atomic mass is 10.2. The van der Waals surface area contributed by atoms with Crippen molar-refractivity contribution in [3.63, 3.8) is 0 Å². The van der Waals surface area contributed by atoms with Crippen LogP contribution in [0, 0.1) is 5.82 Å². The predicted molar refractivity (Wildman–Crippen MR) is 67.8 cm³/mol. The monoisotopic (exact) mass is 276 g/mol. The second-order valence-corrected chi connectivity index (χ2v) is 4.69. The predicted octanol–water partition coefficient (Wildman–Crippen LogP) is 2.89. The number of nitrogens with zero attached hydrogens (tertiary/aromatic N) is 3. The molecule has 0 saturated heterocycles. The highest BCUT2D eigenvalue weighted by Gasteiger charge is 2.08. The summed E-state index contributed by atoms with van der Waals surface area (Å²) < 4.78 is 18.2. The molecule has 0 aliphatic carbocycles. The normalized spacial score (nSPS) is 10.8. The number of aromatic amines is 1. The number of benzene rings is 1. The molecule has 1 aromatic carbocycles. The summed E-state index contributed by atoms with van der Waals surface area (Å²) in [5.74, 6) is 0.824. The van der Waals surface area contributed by atoms with Crippen LogP contribution in [0.3, 0.4) is 0 Å². The summed E-state index contributed by atoms with van der Waals surface area (Å²) in [6.07, 6.45) is 3.04. The Kier molecular flexibility index (Phi) is 3.28. The number of oxazole rings is 1. The van der Waals surface area contributed by atoms with E-state index in [0.717, 1.165) is 16.4 Å². The van der Waals surface area contributed by atoms with E-state index in [1.54, 1.807) is 18.4 Å². The Balaban J connectivity index is 1.70. The van der Waals surface area contributed by atoms with Gasteiger partial charge in [-0.3, -0.25) is 5.10 Å². The molecule has 0 aliphatic rings. The Hall–Kier alpha value is -2.15. The van der Waals surface area contributed by atoms with Gasteiger partial charge in [-0.05, 0) is 24.3 Å². The molecule has 2 aromatic heterocycles. The van der Waals surface area contributed by atoms with Crippen molar-refractivity contribution in [1.82, 2.24) is 20.2 Å². The molecule has 96 valence electrons. The lowest BCUT2D eigenvalue weighted by molar-refractivity contribution is 0.573. The number of H-pyrrole nitrogens is 1. The van der Waals surface area contributed by atoms with E-state index in [1.807, 2.05) is 0 Å². The first-order chi connectivity index (χ1) is 9.31. The molecular formula is C12H9FN4OS. The van der Waals surface area contributed by atoms with Gasteiger partial charge in [0.15, 0.2) is 5.16 Å². The SMILES string of the molecule is Fc1ccc(-c2nc(CSc3ncn[nH]3)co2)cc1. The van der Waals surface area contributed by atoms with Crippen LogP contribution in [0.25, 0.3) is 11.5 Å². The smallest absolute Gasteiger partial charge is 0.226 e. The molecule has 1 N–H and O–H groups in total. The molecule has 3 aromatic rings. The fourth-order valence-electron chi connectivity index (χ4n) is 1.50. The highest BCUT2D eigenvalue weighted by molar-refractivity contribution is 7.98. The molecular weight excluding hydrogens is 267 g/mol. The number of hydrogen-bond acceptors (Lipinski definition) is 5. The van der Waals surface area contributed by atoms with Crippen LogP contribution < -0.4 is 0 Å². The van der Waals surface area contributed by atoms with E-state index in [1.165, 1.54) is 30.2 Å². The van der Waals surface area contributed by atoms with E-state index >= 15 is 0 Å². The zero-order valence-electron chi connectivity index (χ0n) is 9.71. The average molecular weight is 276 g/mol. The number of hydrogen-bond donors (Lipinski definition) is 1. The van der Waals surface area contributed by atoms with Crippen LogP contribution in [0.1, 0.15) is 5.69 Å². The minimum atomic E-state index is -0.281. The van der Waals surface area contributed by atoms with Crippen molar-refractivity contribution >= 4 is 11.8 Å². The summed E-state index contributed by atoms with van der Waals surface area (Å²) in [6, 6.07) is 6.02. The van der Waals surface area contributed by atoms with Crippen LogP contribution in [0.4, 0.5) is 4.39 Å². The van der Waals surface area contributed by atoms with Crippen LogP contribution in [-0.2, 0) is 5.75 Å². The number of nitrogens with one attached hydrogen (secondary N) is 1. The largest absolute Gasteiger partial charge is 0.444 e. The number of thioether (sulfide) groups is 1. The molecule has 19 heavy (non-hydrogen) atoms. The fraction of sp³-hybridized carbons (Fsp3) is 0.0833. The summed E-state index contributed by atoms with van der Waals surface area (Å²) in [5.41, 5.74) is 1.54. The second-order valence-electron chi connectivity index (χ2n) is 3.73. The number of rotatable bonds is 4. The molecule has 0 fully saturated rings. The second kappa shape index (κ2) is 5.23. The molecule has 3 rings (SSSR count). The maximum absolute atomic E-state index is 12.8. The van der Waals surface area contributed by atoms with E-state index in [4.69, 9.17) is 4.42 Å². The van der Waals surface area contributed by atoms with E-state index < -0.39 is 0 Å². The Morgan fingerprint density at radius 1 is 1.26 bits per heavy atom. The molecule has 2 heterocycles. The van der Waals surface area contributed by atoms with Crippen molar-refractivity contribution < 1.29 is 8.81 Å². The summed E-state index contributed by atoms with van der Waals surface area (Å²) in [7, 11) is 0. The molecule has 0 atom stereocenters. The number of aromatic nitrogens is 4. The summed E-state index contributed by atoms with van der Waals surface area (Å²) in [6.45, 7) is 0. The Labute approximate surface area is 112 Å². The van der Waals surface area contributed by atoms with Crippen LogP contribution in [0.5, 0.6) is 0 Å². The quantitative estimate of drug-likeness (QED) is 0.742. The van der Waals surface area contributed by atoms with Gasteiger partial charge in [-0.1, -0.05) is 11.8 Å². The van der Waals surface area contributed by atoms with Gasteiger partial charge in [0, 0.05) is 11.3 Å². The third kappa shape index (κ3) is 2.82. The van der Waals surface area contributed by atoms with Gasteiger partial charge < -0.3 is 4.42 Å². The standard InChI is InChI=1S/C12H9FN4OS/c13-9-3-1-8(2-4-9)11-16-10(5-18-11)6-19-12-14-7-15-17-12/h1-5,7H,6H2,(H,14,15,17). The van der Waals surface area contributed by atoms with Gasteiger partial charge in [-0.2, -0.15) is 5.10 Å². The van der Waals surface area contributed by atoms with Gasteiger partial charge in [0.1, 0.15) is 18.4 Å². The van der Waals surface area contributed by atoms with E-state index in [0.29, 0.717) is 11.6 Å². The van der Waals surface area contributed by atoms with Gasteiger partial charge in [0.2, 0.25) is 5.89 Å². The van der Waals surface area contributed by atoms with Crippen molar-refractivity contribution in [2.45, 2.75) is 10.9 Å². The van der Waals surface area contributed by atoms with Crippen molar-refractivity contribution in [2.24, 2.45) is 0 Å². The van der Waals surface area contributed by atoms with Crippen molar-refractivity contribution in [3.8, 4) is 11.5 Å². The molecule has 7 heteroatoms. The molecule has 0 bridgehead atoms. The van der Waals surface area contributed by atoms with Gasteiger partial charge in [-0.25, -0.2) is 14.4 Å². The lowest BCUT2D eigenvalue weighted by Gasteiger charge is -1.94. The van der Waals surface area contributed by atoms with Crippen LogP contribution >= 0.6 is 11.8 Å². The highest BCUT2D eigenvalue weighted by Crippen LogP contribution is 2.22. The summed E-state index contributed by atoms with van der Waals surface area (Å²) in [4.78, 5) is 8.34. The fourth-order valence-corrected chi connectivity index (χ4v) is 2.16.